The van der Waals surface area contributed by atoms with Crippen LogP contribution in [0.3, 0.4) is 0 Å². The van der Waals surface area contributed by atoms with Gasteiger partial charge in [-0.15, -0.1) is 0 Å². The number of benzene rings is 2. The molecule has 1 aliphatic rings. The van der Waals surface area contributed by atoms with Gasteiger partial charge in [-0.1, -0.05) is 36.7 Å². The van der Waals surface area contributed by atoms with Gasteiger partial charge in [-0.05, 0) is 43.2 Å². The molecule has 3 rings (SSSR count). The third-order valence-electron chi connectivity index (χ3n) is 5.03. The summed E-state index contributed by atoms with van der Waals surface area (Å²) in [6, 6.07) is 13.0. The van der Waals surface area contributed by atoms with E-state index in [-0.39, 0.29) is 11.8 Å². The lowest BCUT2D eigenvalue weighted by atomic mass is 10.1. The normalized spacial score (nSPS) is 14.1. The number of nitrogens with one attached hydrogen (secondary N) is 1. The lowest BCUT2D eigenvalue weighted by Crippen LogP contribution is -2.48. The van der Waals surface area contributed by atoms with E-state index in [1.54, 1.807) is 6.07 Å². The molecule has 0 aliphatic carbocycles. The third kappa shape index (κ3) is 4.65. The predicted molar refractivity (Wildman–Crippen MR) is 114 cm³/mol. The van der Waals surface area contributed by atoms with Crippen molar-refractivity contribution in [3.8, 4) is 0 Å². The first-order chi connectivity index (χ1) is 13.5. The number of anilines is 2. The van der Waals surface area contributed by atoms with Crippen molar-refractivity contribution in [2.24, 2.45) is 0 Å². The summed E-state index contributed by atoms with van der Waals surface area (Å²) >= 11 is 6.19. The van der Waals surface area contributed by atoms with Gasteiger partial charge in [-0.25, -0.2) is 0 Å². The summed E-state index contributed by atoms with van der Waals surface area (Å²) in [6.45, 7) is 6.76. The molecule has 2 amide bonds. The summed E-state index contributed by atoms with van der Waals surface area (Å²) in [5.74, 6) is 0.0599. The Kier molecular flexibility index (Phi) is 6.57. The summed E-state index contributed by atoms with van der Waals surface area (Å²) in [5, 5.41) is 3.58. The highest BCUT2D eigenvalue weighted by Gasteiger charge is 2.23. The zero-order chi connectivity index (χ0) is 20.1. The van der Waals surface area contributed by atoms with Crippen molar-refractivity contribution in [3.63, 3.8) is 0 Å². The number of hydrogen-bond donors (Lipinski definition) is 1. The molecule has 1 saturated heterocycles. The quantitative estimate of drug-likeness (QED) is 0.813. The molecule has 0 saturated carbocycles. The highest BCUT2D eigenvalue weighted by molar-refractivity contribution is 6.31. The van der Waals surface area contributed by atoms with Crippen molar-refractivity contribution in [2.75, 3.05) is 36.4 Å². The Labute approximate surface area is 171 Å². The van der Waals surface area contributed by atoms with Crippen LogP contribution in [0.25, 0.3) is 0 Å². The topological polar surface area (TPSA) is 52.7 Å². The van der Waals surface area contributed by atoms with Crippen LogP contribution in [0.15, 0.2) is 42.5 Å². The van der Waals surface area contributed by atoms with Gasteiger partial charge in [0.1, 0.15) is 0 Å². The third-order valence-corrected chi connectivity index (χ3v) is 5.27. The minimum absolute atomic E-state index is 0.154. The minimum Gasteiger partial charge on any atom is -0.366 e. The molecule has 0 atom stereocenters. The summed E-state index contributed by atoms with van der Waals surface area (Å²) in [4.78, 5) is 29.0. The molecule has 1 N–H and O–H groups in total. The van der Waals surface area contributed by atoms with Crippen LogP contribution in [0.1, 0.15) is 35.7 Å². The molecule has 28 heavy (non-hydrogen) atoms. The van der Waals surface area contributed by atoms with Gasteiger partial charge in [0.25, 0.3) is 5.91 Å². The Hall–Kier alpha value is -2.53. The molecule has 148 valence electrons. The molecule has 0 aromatic heterocycles. The van der Waals surface area contributed by atoms with E-state index in [2.05, 4.69) is 10.2 Å². The molecule has 2 aromatic carbocycles. The van der Waals surface area contributed by atoms with E-state index in [0.717, 1.165) is 30.8 Å². The van der Waals surface area contributed by atoms with Crippen molar-refractivity contribution in [2.45, 2.75) is 26.7 Å². The van der Waals surface area contributed by atoms with E-state index in [4.69, 9.17) is 11.6 Å². The summed E-state index contributed by atoms with van der Waals surface area (Å²) in [6.07, 6.45) is 1.46. The Balaban J connectivity index is 1.76. The second-order valence-electron chi connectivity index (χ2n) is 7.05. The van der Waals surface area contributed by atoms with Gasteiger partial charge >= 0.3 is 0 Å². The fraction of sp³-hybridized carbons (Fsp3) is 0.364. The number of aryl methyl sites for hydroxylation is 1. The van der Waals surface area contributed by atoms with Gasteiger partial charge in [0, 0.05) is 43.2 Å². The molecular formula is C22H26ClN3O2. The number of carbonyl (C=O) groups is 2. The number of nitrogens with zero attached hydrogens (tertiary/aromatic N) is 2. The maximum atomic E-state index is 12.8. The van der Waals surface area contributed by atoms with Gasteiger partial charge in [0.15, 0.2) is 0 Å². The Bertz CT molecular complexity index is 861. The summed E-state index contributed by atoms with van der Waals surface area (Å²) in [7, 11) is 0. The summed E-state index contributed by atoms with van der Waals surface area (Å²) in [5.41, 5.74) is 3.18. The molecular weight excluding hydrogens is 374 g/mol. The second-order valence-corrected chi connectivity index (χ2v) is 7.48. The maximum absolute atomic E-state index is 12.8. The van der Waals surface area contributed by atoms with E-state index >= 15 is 0 Å². The largest absolute Gasteiger partial charge is 0.366 e. The molecule has 0 spiro atoms. The highest BCUT2D eigenvalue weighted by Crippen LogP contribution is 2.30. The molecule has 0 radical (unpaired) electrons. The van der Waals surface area contributed by atoms with Crippen LogP contribution < -0.4 is 10.2 Å². The number of carbonyl (C=O) groups excluding carboxylic acids is 2. The van der Waals surface area contributed by atoms with Gasteiger partial charge < -0.3 is 15.1 Å². The molecule has 0 bridgehead atoms. The fourth-order valence-corrected chi connectivity index (χ4v) is 3.64. The number of amides is 2. The Morgan fingerprint density at radius 1 is 1.07 bits per heavy atom. The minimum atomic E-state index is -0.154. The molecule has 6 heteroatoms. The molecule has 1 aliphatic heterocycles. The Morgan fingerprint density at radius 3 is 2.46 bits per heavy atom. The van der Waals surface area contributed by atoms with E-state index in [1.807, 2.05) is 55.1 Å². The van der Waals surface area contributed by atoms with Crippen LogP contribution in [-0.4, -0.2) is 42.9 Å². The molecule has 1 heterocycles. The van der Waals surface area contributed by atoms with E-state index in [1.165, 1.54) is 0 Å². The number of rotatable bonds is 5. The average molecular weight is 400 g/mol. The monoisotopic (exact) mass is 399 g/mol. The first-order valence-electron chi connectivity index (χ1n) is 9.69. The van der Waals surface area contributed by atoms with E-state index in [0.29, 0.717) is 35.8 Å². The van der Waals surface area contributed by atoms with E-state index < -0.39 is 0 Å². The smallest absolute Gasteiger partial charge is 0.255 e. The molecule has 2 aromatic rings. The number of hydrogen-bond acceptors (Lipinski definition) is 3. The lowest BCUT2D eigenvalue weighted by Gasteiger charge is -2.37. The maximum Gasteiger partial charge on any atom is 0.255 e. The van der Waals surface area contributed by atoms with Crippen LogP contribution in [0.4, 0.5) is 11.4 Å². The molecule has 5 nitrogen and oxygen atoms in total. The highest BCUT2D eigenvalue weighted by atomic mass is 35.5. The number of halogens is 1. The second kappa shape index (κ2) is 9.11. The van der Waals surface area contributed by atoms with Crippen LogP contribution in [0.5, 0.6) is 0 Å². The predicted octanol–water partition coefficient (Wildman–Crippen LogP) is 4.35. The van der Waals surface area contributed by atoms with Crippen molar-refractivity contribution in [3.05, 3.63) is 58.6 Å². The molecule has 0 unspecified atom stereocenters. The number of piperazine rings is 1. The van der Waals surface area contributed by atoms with Crippen LogP contribution in [-0.2, 0) is 4.79 Å². The standard InChI is InChI=1S/C22H26ClN3O2/c1-3-6-21(27)26-13-11-25(12-14-26)20-10-9-17(23)15-19(20)24-22(28)18-8-5-4-7-16(18)2/h4-5,7-10,15H,3,6,11-14H2,1-2H3,(H,24,28). The van der Waals surface area contributed by atoms with Gasteiger partial charge in [0.05, 0.1) is 11.4 Å². The van der Waals surface area contributed by atoms with Crippen LogP contribution in [0, 0.1) is 6.92 Å². The van der Waals surface area contributed by atoms with Crippen molar-refractivity contribution in [1.82, 2.24) is 4.90 Å². The Morgan fingerprint density at radius 2 is 1.79 bits per heavy atom. The van der Waals surface area contributed by atoms with Crippen molar-refractivity contribution < 1.29 is 9.59 Å². The lowest BCUT2D eigenvalue weighted by molar-refractivity contribution is -0.131. The summed E-state index contributed by atoms with van der Waals surface area (Å²) < 4.78 is 0. The first-order valence-corrected chi connectivity index (χ1v) is 10.1. The van der Waals surface area contributed by atoms with E-state index in [9.17, 15) is 9.59 Å². The zero-order valence-corrected chi connectivity index (χ0v) is 17.1. The zero-order valence-electron chi connectivity index (χ0n) is 16.4. The van der Waals surface area contributed by atoms with Crippen molar-refractivity contribution in [1.29, 1.82) is 0 Å². The SMILES string of the molecule is CCCC(=O)N1CCN(c2ccc(Cl)cc2NC(=O)c2ccccc2C)CC1. The average Bonchev–Trinajstić information content (AvgIpc) is 2.69. The van der Waals surface area contributed by atoms with Gasteiger partial charge in [-0.3, -0.25) is 9.59 Å². The first kappa shape index (κ1) is 20.2. The van der Waals surface area contributed by atoms with Crippen LogP contribution >= 0.6 is 11.6 Å². The molecule has 1 fully saturated rings. The van der Waals surface area contributed by atoms with Gasteiger partial charge in [-0.2, -0.15) is 0 Å². The van der Waals surface area contributed by atoms with Gasteiger partial charge in [0.2, 0.25) is 5.91 Å². The van der Waals surface area contributed by atoms with Crippen molar-refractivity contribution >= 4 is 34.8 Å². The fourth-order valence-electron chi connectivity index (χ4n) is 3.47. The van der Waals surface area contributed by atoms with Crippen LogP contribution in [0.2, 0.25) is 5.02 Å².